The fourth-order valence-electron chi connectivity index (χ4n) is 3.36. The maximum Gasteiger partial charge on any atom is 0.257 e. The second-order valence-electron chi connectivity index (χ2n) is 7.43. The third-order valence-electron chi connectivity index (χ3n) is 5.06. The Balaban J connectivity index is 1.31. The van der Waals surface area contributed by atoms with Crippen LogP contribution in [0.5, 0.6) is 11.5 Å². The summed E-state index contributed by atoms with van der Waals surface area (Å²) in [6, 6.07) is 17.1. The summed E-state index contributed by atoms with van der Waals surface area (Å²) in [6.07, 6.45) is 4.86. The van der Waals surface area contributed by atoms with E-state index in [-0.39, 0.29) is 18.4 Å². The number of amides is 2. The topological polar surface area (TPSA) is 67.9 Å². The highest BCUT2D eigenvalue weighted by Gasteiger charge is 2.15. The quantitative estimate of drug-likeness (QED) is 0.686. The maximum atomic E-state index is 12.2. The number of carbonyl (C=O) groups is 2. The third kappa shape index (κ3) is 7.43. The molecule has 30 heavy (non-hydrogen) atoms. The van der Waals surface area contributed by atoms with Gasteiger partial charge in [-0.2, -0.15) is 0 Å². The molecule has 2 aromatic rings. The molecule has 0 aliphatic carbocycles. The minimum atomic E-state index is -0.233. The van der Waals surface area contributed by atoms with Crippen molar-refractivity contribution in [2.45, 2.75) is 38.7 Å². The van der Waals surface area contributed by atoms with Gasteiger partial charge in [0.05, 0.1) is 0 Å². The first-order chi connectivity index (χ1) is 14.7. The highest BCUT2D eigenvalue weighted by atomic mass is 16.5. The average Bonchev–Trinajstić information content (AvgIpc) is 3.07. The fourth-order valence-corrected chi connectivity index (χ4v) is 3.36. The van der Waals surface area contributed by atoms with Crippen LogP contribution in [0, 0.1) is 0 Å². The first-order valence-corrected chi connectivity index (χ1v) is 10.6. The summed E-state index contributed by atoms with van der Waals surface area (Å²) in [5, 5.41) is 2.75. The van der Waals surface area contributed by atoms with E-state index in [9.17, 15) is 9.59 Å². The molecule has 1 aliphatic rings. The minimum Gasteiger partial charge on any atom is -0.489 e. The van der Waals surface area contributed by atoms with Gasteiger partial charge >= 0.3 is 0 Å². The summed E-state index contributed by atoms with van der Waals surface area (Å²) < 4.78 is 11.2. The molecule has 1 saturated heterocycles. The fraction of sp³-hybridized carbons (Fsp3) is 0.417. The molecule has 0 aromatic heterocycles. The van der Waals surface area contributed by atoms with Crippen LogP contribution in [0.15, 0.2) is 54.6 Å². The van der Waals surface area contributed by atoms with E-state index in [0.29, 0.717) is 25.3 Å². The van der Waals surface area contributed by atoms with Crippen LogP contribution in [0.25, 0.3) is 0 Å². The van der Waals surface area contributed by atoms with E-state index in [2.05, 4.69) is 5.32 Å². The van der Waals surface area contributed by atoms with E-state index in [1.54, 1.807) is 12.1 Å². The molecule has 0 spiro atoms. The normalized spacial score (nSPS) is 13.9. The number of nitrogens with zero attached hydrogens (tertiary/aromatic N) is 1. The van der Waals surface area contributed by atoms with Crippen molar-refractivity contribution in [2.75, 3.05) is 26.2 Å². The molecule has 3 rings (SSSR count). The van der Waals surface area contributed by atoms with E-state index < -0.39 is 0 Å². The zero-order valence-corrected chi connectivity index (χ0v) is 17.3. The van der Waals surface area contributed by atoms with E-state index in [1.807, 2.05) is 47.4 Å². The predicted molar refractivity (Wildman–Crippen MR) is 115 cm³/mol. The molecule has 0 bridgehead atoms. The van der Waals surface area contributed by atoms with Crippen LogP contribution < -0.4 is 14.8 Å². The van der Waals surface area contributed by atoms with Crippen molar-refractivity contribution < 1.29 is 19.1 Å². The Morgan fingerprint density at radius 3 is 2.13 bits per heavy atom. The lowest BCUT2D eigenvalue weighted by Crippen LogP contribution is -2.36. The van der Waals surface area contributed by atoms with Crippen molar-refractivity contribution in [3.05, 3.63) is 60.2 Å². The molecule has 1 N–H and O–H groups in total. The van der Waals surface area contributed by atoms with Crippen LogP contribution in [0.1, 0.15) is 37.7 Å². The van der Waals surface area contributed by atoms with Crippen molar-refractivity contribution in [2.24, 2.45) is 0 Å². The zero-order chi connectivity index (χ0) is 21.0. The lowest BCUT2D eigenvalue weighted by molar-refractivity contribution is -0.131. The highest BCUT2D eigenvalue weighted by molar-refractivity contribution is 5.79. The van der Waals surface area contributed by atoms with Crippen LogP contribution in [0.3, 0.4) is 0 Å². The Morgan fingerprint density at radius 1 is 0.833 bits per heavy atom. The van der Waals surface area contributed by atoms with Crippen molar-refractivity contribution in [1.82, 2.24) is 10.2 Å². The smallest absolute Gasteiger partial charge is 0.257 e. The van der Waals surface area contributed by atoms with E-state index in [1.165, 1.54) is 12.8 Å². The van der Waals surface area contributed by atoms with Gasteiger partial charge in [-0.15, -0.1) is 0 Å². The first-order valence-electron chi connectivity index (χ1n) is 10.6. The Hall–Kier alpha value is -3.02. The summed E-state index contributed by atoms with van der Waals surface area (Å²) in [7, 11) is 0. The largest absolute Gasteiger partial charge is 0.489 e. The van der Waals surface area contributed by atoms with Crippen LogP contribution in [0.2, 0.25) is 0 Å². The third-order valence-corrected chi connectivity index (χ3v) is 5.06. The van der Waals surface area contributed by atoms with Crippen molar-refractivity contribution in [1.29, 1.82) is 0 Å². The summed E-state index contributed by atoms with van der Waals surface area (Å²) in [5.41, 5.74) is 1.10. The number of nitrogens with one attached hydrogen (secondary N) is 1. The van der Waals surface area contributed by atoms with E-state index in [0.717, 1.165) is 37.2 Å². The molecule has 1 aliphatic heterocycles. The van der Waals surface area contributed by atoms with Crippen LogP contribution in [-0.4, -0.2) is 43.0 Å². The van der Waals surface area contributed by atoms with Crippen molar-refractivity contribution >= 4 is 11.8 Å². The molecular weight excluding hydrogens is 380 g/mol. The van der Waals surface area contributed by atoms with Gasteiger partial charge in [0.1, 0.15) is 18.1 Å². The number of likely N-dealkylation sites (tertiary alicyclic amines) is 1. The number of ether oxygens (including phenoxy) is 2. The van der Waals surface area contributed by atoms with Gasteiger partial charge in [-0.1, -0.05) is 43.2 Å². The number of hydrogen-bond donors (Lipinski definition) is 1. The van der Waals surface area contributed by atoms with Gasteiger partial charge in [0, 0.05) is 26.1 Å². The van der Waals surface area contributed by atoms with Gasteiger partial charge in [-0.3, -0.25) is 9.59 Å². The Labute approximate surface area is 178 Å². The molecule has 6 nitrogen and oxygen atoms in total. The number of benzene rings is 2. The van der Waals surface area contributed by atoms with Gasteiger partial charge < -0.3 is 19.7 Å². The Bertz CT molecular complexity index is 785. The average molecular weight is 411 g/mol. The zero-order valence-electron chi connectivity index (χ0n) is 17.3. The molecule has 0 radical (unpaired) electrons. The summed E-state index contributed by atoms with van der Waals surface area (Å²) in [6.45, 7) is 2.42. The predicted octanol–water partition coefficient (Wildman–Crippen LogP) is 3.55. The minimum absolute atomic E-state index is 0.0812. The van der Waals surface area contributed by atoms with Gasteiger partial charge in [-0.25, -0.2) is 0 Å². The summed E-state index contributed by atoms with van der Waals surface area (Å²) in [5.74, 6) is 1.22. The van der Waals surface area contributed by atoms with Gasteiger partial charge in [0.2, 0.25) is 5.91 Å². The maximum absolute atomic E-state index is 12.2. The monoisotopic (exact) mass is 410 g/mol. The summed E-state index contributed by atoms with van der Waals surface area (Å²) in [4.78, 5) is 26.1. The molecule has 2 amide bonds. The SMILES string of the molecule is O=C(COc1ccc(OCc2ccccc2)cc1)NCCC(=O)N1CCCCCC1. The second-order valence-corrected chi connectivity index (χ2v) is 7.43. The molecule has 1 heterocycles. The van der Waals surface area contributed by atoms with Crippen molar-refractivity contribution in [3.63, 3.8) is 0 Å². The molecule has 0 atom stereocenters. The Kier molecular flexibility index (Phi) is 8.57. The van der Waals surface area contributed by atoms with E-state index in [4.69, 9.17) is 9.47 Å². The number of carbonyl (C=O) groups excluding carboxylic acids is 2. The summed E-state index contributed by atoms with van der Waals surface area (Å²) >= 11 is 0. The number of hydrogen-bond acceptors (Lipinski definition) is 4. The molecular formula is C24H30N2O4. The van der Waals surface area contributed by atoms with Gasteiger partial charge in [0.15, 0.2) is 6.61 Å². The van der Waals surface area contributed by atoms with Crippen molar-refractivity contribution in [3.8, 4) is 11.5 Å². The van der Waals surface area contributed by atoms with Crippen LogP contribution in [-0.2, 0) is 16.2 Å². The van der Waals surface area contributed by atoms with E-state index >= 15 is 0 Å². The molecule has 1 fully saturated rings. The standard InChI is InChI=1S/C24H30N2O4/c27-23(25-15-14-24(28)26-16-6-1-2-7-17-26)19-30-22-12-10-21(11-13-22)29-18-20-8-4-3-5-9-20/h3-5,8-13H,1-2,6-7,14-19H2,(H,25,27). The lowest BCUT2D eigenvalue weighted by Gasteiger charge is -2.20. The molecule has 6 heteroatoms. The van der Waals surface area contributed by atoms with Gasteiger partial charge in [-0.05, 0) is 42.7 Å². The number of rotatable bonds is 9. The second kappa shape index (κ2) is 11.9. The highest BCUT2D eigenvalue weighted by Crippen LogP contribution is 2.18. The van der Waals surface area contributed by atoms with Crippen LogP contribution >= 0.6 is 0 Å². The van der Waals surface area contributed by atoms with Gasteiger partial charge in [0.25, 0.3) is 5.91 Å². The molecule has 160 valence electrons. The Morgan fingerprint density at radius 2 is 1.47 bits per heavy atom. The molecule has 2 aromatic carbocycles. The molecule has 0 saturated carbocycles. The van der Waals surface area contributed by atoms with Crippen LogP contribution in [0.4, 0.5) is 0 Å². The lowest BCUT2D eigenvalue weighted by atomic mass is 10.2. The first kappa shape index (κ1) is 21.7. The molecule has 0 unspecified atom stereocenters.